The van der Waals surface area contributed by atoms with Crippen LogP contribution in [-0.2, 0) is 4.79 Å². The molecule has 0 unspecified atom stereocenters. The lowest BCUT2D eigenvalue weighted by molar-refractivity contribution is -0.384. The van der Waals surface area contributed by atoms with Gasteiger partial charge in [-0.1, -0.05) is 6.08 Å². The zero-order valence-electron chi connectivity index (χ0n) is 8.63. The third-order valence-electron chi connectivity index (χ3n) is 2.52. The molecule has 0 radical (unpaired) electrons. The molecule has 1 saturated carbocycles. The van der Waals surface area contributed by atoms with Crippen LogP contribution in [0.4, 0.5) is 5.69 Å². The van der Waals surface area contributed by atoms with Crippen molar-refractivity contribution < 1.29 is 9.72 Å². The summed E-state index contributed by atoms with van der Waals surface area (Å²) in [6.07, 6.45) is 5.23. The number of carbonyl (C=O) groups is 1. The quantitative estimate of drug-likeness (QED) is 0.442. The molecule has 4 heteroatoms. The minimum Gasteiger partial charge on any atom is -0.295 e. The van der Waals surface area contributed by atoms with Gasteiger partial charge in [-0.2, -0.15) is 0 Å². The maximum Gasteiger partial charge on any atom is 0.269 e. The number of rotatable bonds is 4. The van der Waals surface area contributed by atoms with E-state index in [9.17, 15) is 14.9 Å². The van der Waals surface area contributed by atoms with Gasteiger partial charge in [-0.3, -0.25) is 14.9 Å². The fraction of sp³-hybridized carbons (Fsp3) is 0.250. The Hall–Kier alpha value is -1.97. The number of nitro groups is 1. The van der Waals surface area contributed by atoms with Gasteiger partial charge in [-0.25, -0.2) is 0 Å². The first kappa shape index (κ1) is 10.5. The Labute approximate surface area is 92.7 Å². The second-order valence-electron chi connectivity index (χ2n) is 3.86. The van der Waals surface area contributed by atoms with E-state index in [0.717, 1.165) is 18.4 Å². The molecule has 0 saturated heterocycles. The molecule has 4 nitrogen and oxygen atoms in total. The van der Waals surface area contributed by atoms with Crippen LogP contribution in [0.25, 0.3) is 6.08 Å². The Morgan fingerprint density at radius 1 is 1.31 bits per heavy atom. The molecule has 82 valence electrons. The van der Waals surface area contributed by atoms with E-state index in [4.69, 9.17) is 0 Å². The van der Waals surface area contributed by atoms with Crippen molar-refractivity contribution in [3.63, 3.8) is 0 Å². The smallest absolute Gasteiger partial charge is 0.269 e. The minimum atomic E-state index is -0.442. The molecule has 0 spiro atoms. The first-order chi connectivity index (χ1) is 7.66. The van der Waals surface area contributed by atoms with Crippen molar-refractivity contribution in [2.24, 2.45) is 5.92 Å². The number of allylic oxidation sites excluding steroid dienone is 1. The van der Waals surface area contributed by atoms with E-state index in [1.54, 1.807) is 24.3 Å². The normalized spacial score (nSPS) is 15.2. The Morgan fingerprint density at radius 2 is 1.94 bits per heavy atom. The van der Waals surface area contributed by atoms with Crippen molar-refractivity contribution in [2.45, 2.75) is 12.8 Å². The third kappa shape index (κ3) is 2.53. The molecule has 1 aliphatic carbocycles. The summed E-state index contributed by atoms with van der Waals surface area (Å²) in [5, 5.41) is 10.4. The van der Waals surface area contributed by atoms with Crippen molar-refractivity contribution in [3.05, 3.63) is 46.0 Å². The number of hydrogen-bond donors (Lipinski definition) is 0. The highest BCUT2D eigenvalue weighted by Crippen LogP contribution is 2.30. The first-order valence-electron chi connectivity index (χ1n) is 5.13. The molecule has 2 rings (SSSR count). The molecule has 0 bridgehead atoms. The predicted octanol–water partition coefficient (Wildman–Crippen LogP) is 2.59. The van der Waals surface area contributed by atoms with Gasteiger partial charge in [-0.05, 0) is 36.6 Å². The zero-order valence-corrected chi connectivity index (χ0v) is 8.63. The van der Waals surface area contributed by atoms with Crippen LogP contribution in [0, 0.1) is 16.0 Å². The van der Waals surface area contributed by atoms with E-state index in [-0.39, 0.29) is 17.4 Å². The van der Waals surface area contributed by atoms with E-state index in [1.165, 1.54) is 12.1 Å². The largest absolute Gasteiger partial charge is 0.295 e. The molecule has 1 aromatic rings. The summed E-state index contributed by atoms with van der Waals surface area (Å²) in [7, 11) is 0. The van der Waals surface area contributed by atoms with Crippen LogP contribution >= 0.6 is 0 Å². The molecular weight excluding hydrogens is 206 g/mol. The molecule has 0 heterocycles. The van der Waals surface area contributed by atoms with Crippen molar-refractivity contribution in [3.8, 4) is 0 Å². The highest BCUT2D eigenvalue weighted by atomic mass is 16.6. The lowest BCUT2D eigenvalue weighted by atomic mass is 10.1. The summed E-state index contributed by atoms with van der Waals surface area (Å²) in [4.78, 5) is 21.3. The van der Waals surface area contributed by atoms with Gasteiger partial charge in [0.15, 0.2) is 5.78 Å². The summed E-state index contributed by atoms with van der Waals surface area (Å²) in [6.45, 7) is 0. The molecule has 0 N–H and O–H groups in total. The fourth-order valence-corrected chi connectivity index (χ4v) is 1.39. The van der Waals surface area contributed by atoms with Gasteiger partial charge in [-0.15, -0.1) is 0 Å². The molecule has 0 aliphatic heterocycles. The van der Waals surface area contributed by atoms with Gasteiger partial charge in [0.1, 0.15) is 0 Å². The van der Waals surface area contributed by atoms with E-state index in [1.807, 2.05) is 0 Å². The summed E-state index contributed by atoms with van der Waals surface area (Å²) in [5.74, 6) is 0.368. The van der Waals surface area contributed by atoms with Gasteiger partial charge in [0.25, 0.3) is 5.69 Å². The number of hydrogen-bond acceptors (Lipinski definition) is 3. The highest BCUT2D eigenvalue weighted by molar-refractivity contribution is 5.96. The second-order valence-corrected chi connectivity index (χ2v) is 3.86. The monoisotopic (exact) mass is 217 g/mol. The number of carbonyl (C=O) groups excluding carboxylic acids is 1. The fourth-order valence-electron chi connectivity index (χ4n) is 1.39. The molecule has 1 aliphatic rings. The molecule has 1 aromatic carbocycles. The molecular formula is C12H11NO3. The van der Waals surface area contributed by atoms with Gasteiger partial charge in [0.2, 0.25) is 0 Å². The maximum absolute atomic E-state index is 11.4. The van der Waals surface area contributed by atoms with Crippen LogP contribution in [0.15, 0.2) is 30.3 Å². The first-order valence-corrected chi connectivity index (χ1v) is 5.13. The van der Waals surface area contributed by atoms with Crippen LogP contribution in [0.3, 0.4) is 0 Å². The summed E-state index contributed by atoms with van der Waals surface area (Å²) < 4.78 is 0. The predicted molar refractivity (Wildman–Crippen MR) is 59.9 cm³/mol. The average Bonchev–Trinajstić information content (AvgIpc) is 3.10. The van der Waals surface area contributed by atoms with E-state index in [0.29, 0.717) is 0 Å². The maximum atomic E-state index is 11.4. The number of nitro benzene ring substituents is 1. The third-order valence-corrected chi connectivity index (χ3v) is 2.52. The molecule has 0 atom stereocenters. The molecule has 0 amide bonds. The molecule has 0 aromatic heterocycles. The number of nitrogens with zero attached hydrogens (tertiary/aromatic N) is 1. The summed E-state index contributed by atoms with van der Waals surface area (Å²) in [5.41, 5.74) is 0.866. The summed E-state index contributed by atoms with van der Waals surface area (Å²) in [6, 6.07) is 6.13. The Kier molecular flexibility index (Phi) is 2.81. The Bertz CT molecular complexity index is 444. The Morgan fingerprint density at radius 3 is 2.44 bits per heavy atom. The lowest BCUT2D eigenvalue weighted by Gasteiger charge is -1.93. The zero-order chi connectivity index (χ0) is 11.5. The summed E-state index contributed by atoms with van der Waals surface area (Å²) >= 11 is 0. The topological polar surface area (TPSA) is 60.2 Å². The van der Waals surface area contributed by atoms with Crippen LogP contribution in [-0.4, -0.2) is 10.7 Å². The van der Waals surface area contributed by atoms with Crippen molar-refractivity contribution in [1.82, 2.24) is 0 Å². The van der Waals surface area contributed by atoms with E-state index < -0.39 is 4.92 Å². The van der Waals surface area contributed by atoms with Crippen LogP contribution in [0.1, 0.15) is 18.4 Å². The molecule has 16 heavy (non-hydrogen) atoms. The van der Waals surface area contributed by atoms with Crippen molar-refractivity contribution in [2.75, 3.05) is 0 Å². The van der Waals surface area contributed by atoms with E-state index >= 15 is 0 Å². The van der Waals surface area contributed by atoms with Crippen LogP contribution in [0.2, 0.25) is 0 Å². The van der Waals surface area contributed by atoms with Gasteiger partial charge >= 0.3 is 0 Å². The number of benzene rings is 1. The van der Waals surface area contributed by atoms with Crippen molar-refractivity contribution in [1.29, 1.82) is 0 Å². The molecule has 1 fully saturated rings. The number of ketones is 1. The lowest BCUT2D eigenvalue weighted by Crippen LogP contribution is -1.93. The van der Waals surface area contributed by atoms with Gasteiger partial charge in [0.05, 0.1) is 4.92 Å². The number of non-ortho nitro benzene ring substituents is 1. The standard InChI is InChI=1S/C12H11NO3/c14-12(10-4-5-10)8-3-9-1-6-11(7-2-9)13(15)16/h1-3,6-8,10H,4-5H2. The van der Waals surface area contributed by atoms with E-state index in [2.05, 4.69) is 0 Å². The second kappa shape index (κ2) is 4.26. The van der Waals surface area contributed by atoms with Gasteiger partial charge < -0.3 is 0 Å². The minimum absolute atomic E-state index is 0.0608. The highest BCUT2D eigenvalue weighted by Gasteiger charge is 2.27. The Balaban J connectivity index is 2.04. The van der Waals surface area contributed by atoms with Crippen molar-refractivity contribution >= 4 is 17.5 Å². The average molecular weight is 217 g/mol. The SMILES string of the molecule is O=C(C=Cc1ccc([N+](=O)[O-])cc1)C1CC1. The van der Waals surface area contributed by atoms with Crippen LogP contribution < -0.4 is 0 Å². The van der Waals surface area contributed by atoms with Gasteiger partial charge in [0, 0.05) is 18.1 Å². The van der Waals surface area contributed by atoms with Crippen LogP contribution in [0.5, 0.6) is 0 Å².